The van der Waals surface area contributed by atoms with Crippen LogP contribution in [0, 0.1) is 0 Å². The van der Waals surface area contributed by atoms with E-state index in [9.17, 15) is 9.59 Å². The normalized spacial score (nSPS) is 15.2. The van der Waals surface area contributed by atoms with Crippen LogP contribution in [0.2, 0.25) is 0 Å². The molecule has 0 saturated carbocycles. The van der Waals surface area contributed by atoms with Gasteiger partial charge in [-0.15, -0.1) is 0 Å². The van der Waals surface area contributed by atoms with Crippen molar-refractivity contribution in [3.63, 3.8) is 0 Å². The highest BCUT2D eigenvalue weighted by Crippen LogP contribution is 2.33. The summed E-state index contributed by atoms with van der Waals surface area (Å²) in [7, 11) is 0. The summed E-state index contributed by atoms with van der Waals surface area (Å²) in [6, 6.07) is 21.4. The van der Waals surface area contributed by atoms with Crippen LogP contribution in [0.5, 0.6) is 0 Å². The molecule has 1 atom stereocenters. The average Bonchev–Trinajstić information content (AvgIpc) is 3.30. The molecule has 4 aromatic rings. The number of carbonyl (C=O) groups excluding carboxylic acids is 2. The third kappa shape index (κ3) is 4.88. The number of nitrogens with zero attached hydrogens (tertiary/aromatic N) is 1. The van der Waals surface area contributed by atoms with E-state index in [0.29, 0.717) is 30.7 Å². The molecule has 0 radical (unpaired) electrons. The van der Waals surface area contributed by atoms with Crippen LogP contribution in [-0.2, 0) is 4.74 Å². The molecule has 1 amide bonds. The third-order valence-corrected chi connectivity index (χ3v) is 7.05. The maximum Gasteiger partial charge on any atom is 0.338 e. The Kier molecular flexibility index (Phi) is 7.09. The number of rotatable bonds is 6. The van der Waals surface area contributed by atoms with Gasteiger partial charge in [0.25, 0.3) is 5.91 Å². The predicted octanol–water partition coefficient (Wildman–Crippen LogP) is 6.63. The maximum atomic E-state index is 13.8. The molecule has 0 aliphatic carbocycles. The van der Waals surface area contributed by atoms with Crippen molar-refractivity contribution >= 4 is 50.1 Å². The largest absolute Gasteiger partial charge is 0.462 e. The maximum absolute atomic E-state index is 13.8. The van der Waals surface area contributed by atoms with Crippen molar-refractivity contribution in [2.45, 2.75) is 25.8 Å². The fraction of sp³-hybridized carbons (Fsp3) is 0.241. The Hall–Kier alpha value is -3.58. The number of aromatic nitrogens is 1. The molecule has 1 aliphatic rings. The summed E-state index contributed by atoms with van der Waals surface area (Å²) in [4.78, 5) is 32.0. The van der Waals surface area contributed by atoms with Crippen molar-refractivity contribution in [2.75, 3.05) is 28.7 Å². The first-order valence-corrected chi connectivity index (χ1v) is 13.3. The molecule has 0 saturated heterocycles. The molecule has 1 aromatic heterocycles. The number of alkyl halides is 1. The number of esters is 1. The van der Waals surface area contributed by atoms with Crippen LogP contribution in [0.25, 0.3) is 22.0 Å². The molecule has 0 unspecified atom stereocenters. The average molecular weight is 546 g/mol. The minimum atomic E-state index is -0.429. The number of carbonyl (C=O) groups is 2. The molecule has 0 bridgehead atoms. The third-order valence-electron chi connectivity index (χ3n) is 6.49. The van der Waals surface area contributed by atoms with Crippen LogP contribution in [0.1, 0.15) is 40.5 Å². The predicted molar refractivity (Wildman–Crippen MR) is 148 cm³/mol. The van der Waals surface area contributed by atoms with E-state index in [0.717, 1.165) is 45.2 Å². The molecule has 6 nitrogen and oxygen atoms in total. The van der Waals surface area contributed by atoms with Gasteiger partial charge >= 0.3 is 5.97 Å². The van der Waals surface area contributed by atoms with E-state index in [2.05, 4.69) is 33.2 Å². The molecule has 1 aliphatic heterocycles. The number of hydrogen-bond donors (Lipinski definition) is 2. The lowest BCUT2D eigenvalue weighted by Crippen LogP contribution is -2.32. The number of H-pyrrole nitrogens is 1. The molecule has 36 heavy (non-hydrogen) atoms. The lowest BCUT2D eigenvalue weighted by Gasteiger charge is -2.23. The zero-order valence-electron chi connectivity index (χ0n) is 20.1. The topological polar surface area (TPSA) is 74.4 Å². The quantitative estimate of drug-likeness (QED) is 0.162. The van der Waals surface area contributed by atoms with Crippen molar-refractivity contribution < 1.29 is 14.3 Å². The highest BCUT2D eigenvalue weighted by Gasteiger charge is 2.26. The number of hydrogen-bond acceptors (Lipinski definition) is 4. The zero-order valence-corrected chi connectivity index (χ0v) is 21.7. The van der Waals surface area contributed by atoms with Crippen molar-refractivity contribution in [3.8, 4) is 11.1 Å². The molecule has 2 heterocycles. The van der Waals surface area contributed by atoms with Gasteiger partial charge in [-0.1, -0.05) is 40.2 Å². The van der Waals surface area contributed by atoms with Gasteiger partial charge in [0.05, 0.1) is 23.5 Å². The summed E-state index contributed by atoms with van der Waals surface area (Å²) >= 11 is 3.38. The van der Waals surface area contributed by atoms with E-state index in [1.807, 2.05) is 60.8 Å². The van der Waals surface area contributed by atoms with Crippen LogP contribution >= 0.6 is 15.9 Å². The summed E-state index contributed by atoms with van der Waals surface area (Å²) in [5, 5.41) is 5.28. The van der Waals surface area contributed by atoms with Gasteiger partial charge in [-0.2, -0.15) is 0 Å². The van der Waals surface area contributed by atoms with E-state index in [1.54, 1.807) is 17.0 Å². The number of halogens is 1. The van der Waals surface area contributed by atoms with Gasteiger partial charge in [-0.3, -0.25) is 4.79 Å². The summed E-state index contributed by atoms with van der Waals surface area (Å²) in [5.74, 6) is -0.568. The Morgan fingerprint density at radius 2 is 1.94 bits per heavy atom. The number of ether oxygens (including phenoxy) is 1. The monoisotopic (exact) mass is 545 g/mol. The SMILES string of the molecule is C[C@H]1CCN(C(=O)c2ccc(-c3ccc4[nH]ccc4c3)c(C(=O)OCCCBr)c2)c2ccccc2N1. The second-order valence-corrected chi connectivity index (χ2v) is 9.82. The second kappa shape index (κ2) is 10.6. The molecule has 2 N–H and O–H groups in total. The molecule has 184 valence electrons. The molecule has 7 heteroatoms. The molecule has 0 spiro atoms. The summed E-state index contributed by atoms with van der Waals surface area (Å²) in [6.07, 6.45) is 3.42. The minimum Gasteiger partial charge on any atom is -0.462 e. The smallest absolute Gasteiger partial charge is 0.338 e. The lowest BCUT2D eigenvalue weighted by molar-refractivity contribution is 0.0507. The number of amides is 1. The van der Waals surface area contributed by atoms with E-state index in [1.165, 1.54) is 0 Å². The van der Waals surface area contributed by atoms with Crippen LogP contribution in [0.3, 0.4) is 0 Å². The van der Waals surface area contributed by atoms with Gasteiger partial charge in [-0.05, 0) is 78.7 Å². The Labute approximate surface area is 218 Å². The number of fused-ring (bicyclic) bond motifs is 2. The van der Waals surface area contributed by atoms with Crippen molar-refractivity contribution in [2.24, 2.45) is 0 Å². The van der Waals surface area contributed by atoms with Crippen LogP contribution < -0.4 is 10.2 Å². The molecule has 3 aromatic carbocycles. The lowest BCUT2D eigenvalue weighted by atomic mass is 9.96. The Balaban J connectivity index is 1.54. The van der Waals surface area contributed by atoms with Crippen LogP contribution in [-0.4, -0.2) is 41.4 Å². The second-order valence-electron chi connectivity index (χ2n) is 9.03. The molecular formula is C29H28BrN3O3. The van der Waals surface area contributed by atoms with Crippen molar-refractivity contribution in [1.82, 2.24) is 4.98 Å². The highest BCUT2D eigenvalue weighted by molar-refractivity contribution is 9.09. The van der Waals surface area contributed by atoms with Gasteiger partial charge in [-0.25, -0.2) is 4.79 Å². The zero-order chi connectivity index (χ0) is 25.1. The van der Waals surface area contributed by atoms with Gasteiger partial charge in [0.15, 0.2) is 0 Å². The number of anilines is 2. The number of para-hydroxylation sites is 2. The van der Waals surface area contributed by atoms with Gasteiger partial charge < -0.3 is 19.9 Å². The highest BCUT2D eigenvalue weighted by atomic mass is 79.9. The van der Waals surface area contributed by atoms with E-state index in [4.69, 9.17) is 4.74 Å². The number of nitrogens with one attached hydrogen (secondary N) is 2. The fourth-order valence-electron chi connectivity index (χ4n) is 4.59. The first kappa shape index (κ1) is 24.1. The standard InChI is InChI=1S/C29H28BrN3O3/c1-19-12-15-33(27-6-3-2-5-26(27)32-19)28(34)22-7-9-23(24(18-22)29(35)36-16-4-13-30)20-8-10-25-21(17-20)11-14-31-25/h2-3,5-11,14,17-19,31-32H,4,12-13,15-16H2,1H3/t19-/m0/s1. The Bertz CT molecular complexity index is 1410. The number of aromatic amines is 1. The van der Waals surface area contributed by atoms with E-state index >= 15 is 0 Å². The van der Waals surface area contributed by atoms with Crippen LogP contribution in [0.15, 0.2) is 72.9 Å². The Morgan fingerprint density at radius 3 is 2.81 bits per heavy atom. The fourth-order valence-corrected chi connectivity index (χ4v) is 4.82. The van der Waals surface area contributed by atoms with E-state index in [-0.39, 0.29) is 11.9 Å². The van der Waals surface area contributed by atoms with Gasteiger partial charge in [0.2, 0.25) is 0 Å². The molecular weight excluding hydrogens is 518 g/mol. The number of benzene rings is 3. The first-order chi connectivity index (χ1) is 17.5. The van der Waals surface area contributed by atoms with Gasteiger partial charge in [0.1, 0.15) is 0 Å². The molecule has 5 rings (SSSR count). The van der Waals surface area contributed by atoms with Crippen molar-refractivity contribution in [3.05, 3.63) is 84.1 Å². The van der Waals surface area contributed by atoms with Gasteiger partial charge in [0, 0.05) is 35.2 Å². The summed E-state index contributed by atoms with van der Waals surface area (Å²) < 4.78 is 5.56. The summed E-state index contributed by atoms with van der Waals surface area (Å²) in [5.41, 5.74) is 5.28. The van der Waals surface area contributed by atoms with E-state index < -0.39 is 5.97 Å². The molecule has 0 fully saturated rings. The minimum absolute atomic E-state index is 0.138. The van der Waals surface area contributed by atoms with Crippen LogP contribution in [0.4, 0.5) is 11.4 Å². The summed E-state index contributed by atoms with van der Waals surface area (Å²) in [6.45, 7) is 3.00. The first-order valence-electron chi connectivity index (χ1n) is 12.2. The van der Waals surface area contributed by atoms with Crippen molar-refractivity contribution in [1.29, 1.82) is 0 Å². The Morgan fingerprint density at radius 1 is 1.08 bits per heavy atom.